The van der Waals surface area contributed by atoms with Crippen LogP contribution in [0, 0.1) is 11.9 Å². The van der Waals surface area contributed by atoms with E-state index in [1.807, 2.05) is 7.05 Å². The summed E-state index contributed by atoms with van der Waals surface area (Å²) in [6.07, 6.45) is 4.79. The first-order valence-electron chi connectivity index (χ1n) is 6.38. The minimum Gasteiger partial charge on any atom is -0.491 e. The van der Waals surface area contributed by atoms with Crippen LogP contribution in [0.1, 0.15) is 5.56 Å². The molecule has 22 heavy (non-hydrogen) atoms. The van der Waals surface area contributed by atoms with Gasteiger partial charge in [0.25, 0.3) is 0 Å². The van der Waals surface area contributed by atoms with Gasteiger partial charge in [-0.15, -0.1) is 22.0 Å². The number of ether oxygens (including phenoxy) is 2. The molecule has 0 atom stereocenters. The van der Waals surface area contributed by atoms with Gasteiger partial charge >= 0.3 is 0 Å². The molecule has 1 aliphatic rings. The summed E-state index contributed by atoms with van der Waals surface area (Å²) in [7, 11) is 3.41. The van der Waals surface area contributed by atoms with Crippen LogP contribution in [0.15, 0.2) is 41.0 Å². The summed E-state index contributed by atoms with van der Waals surface area (Å²) < 4.78 is 25.4. The zero-order valence-corrected chi connectivity index (χ0v) is 17.0. The van der Waals surface area contributed by atoms with Crippen LogP contribution < -0.4 is 4.74 Å². The summed E-state index contributed by atoms with van der Waals surface area (Å²) >= 11 is 3.38. The molecule has 115 valence electrons. The normalized spacial score (nSPS) is 14.2. The fourth-order valence-electron chi connectivity index (χ4n) is 1.89. The van der Waals surface area contributed by atoms with Gasteiger partial charge in [-0.3, -0.25) is 0 Å². The third-order valence-electron chi connectivity index (χ3n) is 3.10. The Kier molecular flexibility index (Phi) is 7.97. The summed E-state index contributed by atoms with van der Waals surface area (Å²) in [4.78, 5) is 1.79. The monoisotopic (exact) mass is 441 g/mol. The fraction of sp³-hybridized carbons (Fsp3) is 0.250. The summed E-state index contributed by atoms with van der Waals surface area (Å²) in [6, 6.07) is 4.77. The van der Waals surface area contributed by atoms with Gasteiger partial charge in [0, 0.05) is 52.9 Å². The third kappa shape index (κ3) is 4.51. The SMILES string of the molecule is C=C1C(Br)=C[C-]=C(c2ccc(OCCOC)cc2F)N1C.[Y]. The Hall–Kier alpha value is -0.486. The van der Waals surface area contributed by atoms with Crippen LogP contribution in [0.3, 0.4) is 0 Å². The molecule has 1 aliphatic heterocycles. The van der Waals surface area contributed by atoms with Crippen molar-refractivity contribution in [3.63, 3.8) is 0 Å². The number of rotatable bonds is 5. The molecule has 1 aromatic rings. The van der Waals surface area contributed by atoms with Crippen LogP contribution in [-0.2, 0) is 37.4 Å². The van der Waals surface area contributed by atoms with Crippen LogP contribution in [0.2, 0.25) is 0 Å². The standard InChI is InChI=1S/C16H16BrFNO2.Y/c1-11-14(17)6-7-16(19(11)2)13-5-4-12(10-15(13)18)21-9-8-20-3;/h4-6,10H,1,8-9H2,2-3H3;/q-1;. The summed E-state index contributed by atoms with van der Waals surface area (Å²) in [5, 5.41) is 0. The zero-order valence-electron chi connectivity index (χ0n) is 12.5. The molecule has 0 saturated heterocycles. The number of hydrogen-bond acceptors (Lipinski definition) is 3. The smallest absolute Gasteiger partial charge is 0.120 e. The number of benzene rings is 1. The van der Waals surface area contributed by atoms with E-state index in [9.17, 15) is 4.39 Å². The molecule has 0 unspecified atom stereocenters. The first-order valence-corrected chi connectivity index (χ1v) is 7.17. The second-order valence-corrected chi connectivity index (χ2v) is 5.33. The average molecular weight is 442 g/mol. The number of likely N-dealkylation sites (N-methyl/N-ethyl adjacent to an activating group) is 1. The van der Waals surface area contributed by atoms with Crippen molar-refractivity contribution in [1.82, 2.24) is 4.90 Å². The number of halogens is 2. The maximum Gasteiger partial charge on any atom is 0.120 e. The molecule has 6 heteroatoms. The van der Waals surface area contributed by atoms with Gasteiger partial charge < -0.3 is 14.4 Å². The molecule has 3 nitrogen and oxygen atoms in total. The van der Waals surface area contributed by atoms with E-state index in [0.29, 0.717) is 30.2 Å². The number of allylic oxidation sites excluding steroid dienone is 3. The van der Waals surface area contributed by atoms with E-state index in [-0.39, 0.29) is 38.5 Å². The van der Waals surface area contributed by atoms with Crippen LogP contribution in [0.25, 0.3) is 5.70 Å². The summed E-state index contributed by atoms with van der Waals surface area (Å²) in [6.45, 7) is 4.79. The molecule has 1 aromatic carbocycles. The average Bonchev–Trinajstić information content (AvgIpc) is 2.46. The molecule has 0 bridgehead atoms. The second kappa shape index (κ2) is 8.97. The number of hydrogen-bond donors (Lipinski definition) is 0. The minimum atomic E-state index is -0.363. The van der Waals surface area contributed by atoms with Crippen molar-refractivity contribution in [3.05, 3.63) is 58.5 Å². The van der Waals surface area contributed by atoms with Crippen molar-refractivity contribution in [1.29, 1.82) is 0 Å². The summed E-state index contributed by atoms with van der Waals surface area (Å²) in [5.74, 6) is 0.112. The maximum atomic E-state index is 14.3. The Balaban J connectivity index is 0.00000242. The fourth-order valence-corrected chi connectivity index (χ4v) is 2.27. The van der Waals surface area contributed by atoms with Crippen molar-refractivity contribution in [3.8, 4) is 5.75 Å². The van der Waals surface area contributed by atoms with E-state index in [1.54, 1.807) is 30.2 Å². The molecular formula is C16H16BrFNO2Y-. The Morgan fingerprint density at radius 3 is 2.73 bits per heavy atom. The van der Waals surface area contributed by atoms with Gasteiger partial charge in [0.05, 0.1) is 12.4 Å². The molecule has 0 spiro atoms. The molecular weight excluding hydrogens is 426 g/mol. The summed E-state index contributed by atoms with van der Waals surface area (Å²) in [5.41, 5.74) is 1.83. The third-order valence-corrected chi connectivity index (χ3v) is 3.79. The van der Waals surface area contributed by atoms with E-state index < -0.39 is 0 Å². The predicted octanol–water partition coefficient (Wildman–Crippen LogP) is 3.73. The first-order chi connectivity index (χ1) is 10.0. The number of nitrogens with zero attached hydrogens (tertiary/aromatic N) is 1. The second-order valence-electron chi connectivity index (χ2n) is 4.47. The van der Waals surface area contributed by atoms with Crippen molar-refractivity contribution in [2.45, 2.75) is 0 Å². The van der Waals surface area contributed by atoms with E-state index in [2.05, 4.69) is 28.6 Å². The van der Waals surface area contributed by atoms with Crippen molar-refractivity contribution in [2.75, 3.05) is 27.4 Å². The van der Waals surface area contributed by atoms with Crippen LogP contribution >= 0.6 is 15.9 Å². The van der Waals surface area contributed by atoms with Gasteiger partial charge in [0.15, 0.2) is 0 Å². The maximum absolute atomic E-state index is 14.3. The zero-order chi connectivity index (χ0) is 15.4. The van der Waals surface area contributed by atoms with Crippen molar-refractivity contribution < 1.29 is 46.6 Å². The number of methoxy groups -OCH3 is 1. The minimum absolute atomic E-state index is 0. The van der Waals surface area contributed by atoms with Gasteiger partial charge in [0.2, 0.25) is 0 Å². The molecule has 0 fully saturated rings. The van der Waals surface area contributed by atoms with Gasteiger partial charge in [-0.25, -0.2) is 4.39 Å². The van der Waals surface area contributed by atoms with Crippen molar-refractivity contribution >= 4 is 21.6 Å². The predicted molar refractivity (Wildman–Crippen MR) is 84.3 cm³/mol. The Labute approximate surface area is 163 Å². The van der Waals surface area contributed by atoms with Gasteiger partial charge in [0.1, 0.15) is 12.4 Å². The van der Waals surface area contributed by atoms with Crippen molar-refractivity contribution in [2.24, 2.45) is 0 Å². The molecule has 0 saturated carbocycles. The Morgan fingerprint density at radius 1 is 1.36 bits per heavy atom. The molecule has 0 aromatic heterocycles. The van der Waals surface area contributed by atoms with Crippen LogP contribution in [-0.4, -0.2) is 32.3 Å². The Bertz CT molecular complexity index is 616. The van der Waals surface area contributed by atoms with Gasteiger partial charge in [-0.05, 0) is 11.8 Å². The largest absolute Gasteiger partial charge is 0.491 e. The van der Waals surface area contributed by atoms with Crippen LogP contribution in [0.4, 0.5) is 4.39 Å². The molecule has 0 aliphatic carbocycles. The van der Waals surface area contributed by atoms with E-state index in [1.165, 1.54) is 6.07 Å². The van der Waals surface area contributed by atoms with Gasteiger partial charge in [-0.2, -0.15) is 12.2 Å². The molecule has 0 amide bonds. The quantitative estimate of drug-likeness (QED) is 0.513. The molecule has 1 radical (unpaired) electrons. The molecule has 0 N–H and O–H groups in total. The van der Waals surface area contributed by atoms with Gasteiger partial charge in [-0.1, -0.05) is 22.3 Å². The van der Waals surface area contributed by atoms with Crippen LogP contribution in [0.5, 0.6) is 5.75 Å². The van der Waals surface area contributed by atoms with E-state index >= 15 is 0 Å². The first kappa shape index (κ1) is 19.6. The topological polar surface area (TPSA) is 21.7 Å². The van der Waals surface area contributed by atoms with E-state index in [0.717, 1.165) is 10.2 Å². The molecule has 2 rings (SSSR count). The van der Waals surface area contributed by atoms with E-state index in [4.69, 9.17) is 9.47 Å². The Morgan fingerprint density at radius 2 is 2.09 bits per heavy atom. The molecule has 1 heterocycles.